The fourth-order valence-corrected chi connectivity index (χ4v) is 6.86. The molecule has 0 N–H and O–H groups in total. The SMILES string of the molecule is [N-]=[N+]=NCC1=C(I)C(CN=[N+]=[N-])(N=[N+]=[N-])C(I)C(CN=[N+]=[N-])=C1I. The van der Waals surface area contributed by atoms with Crippen LogP contribution in [0, 0.1) is 0 Å². The van der Waals surface area contributed by atoms with Crippen molar-refractivity contribution in [2.75, 3.05) is 19.6 Å². The standard InChI is InChI=1S/C9H7I3N12/c10-6-4(1-17-21-13)7(11)9(20-24-16,3-19-23-15)8(12)5(6)2-18-22-14/h7H,1-3H2. The lowest BCUT2D eigenvalue weighted by atomic mass is 9.84. The number of hydrogen-bond donors (Lipinski definition) is 0. The van der Waals surface area contributed by atoms with Crippen molar-refractivity contribution in [3.63, 3.8) is 0 Å². The van der Waals surface area contributed by atoms with Gasteiger partial charge in [0.15, 0.2) is 0 Å². The van der Waals surface area contributed by atoms with E-state index < -0.39 is 9.46 Å². The molecule has 2 unspecified atom stereocenters. The van der Waals surface area contributed by atoms with E-state index >= 15 is 0 Å². The Morgan fingerprint density at radius 2 is 1.50 bits per heavy atom. The molecule has 0 saturated carbocycles. The number of alkyl halides is 1. The Hall–Kier alpha value is -1.09. The van der Waals surface area contributed by atoms with Crippen molar-refractivity contribution in [3.05, 3.63) is 60.1 Å². The van der Waals surface area contributed by atoms with Crippen LogP contribution < -0.4 is 0 Å². The second kappa shape index (κ2) is 10.0. The highest BCUT2D eigenvalue weighted by molar-refractivity contribution is 14.1. The molecule has 0 heterocycles. The molecule has 0 saturated heterocycles. The van der Waals surface area contributed by atoms with E-state index in [0.717, 1.165) is 9.15 Å². The van der Waals surface area contributed by atoms with Crippen molar-refractivity contribution in [1.82, 2.24) is 0 Å². The molecular formula is C9H7I3N12. The number of nitrogens with zero attached hydrogens (tertiary/aromatic N) is 12. The molecule has 0 aliphatic heterocycles. The minimum atomic E-state index is -1.17. The Balaban J connectivity index is 3.72. The van der Waals surface area contributed by atoms with E-state index in [4.69, 9.17) is 22.1 Å². The Morgan fingerprint density at radius 1 is 0.917 bits per heavy atom. The lowest BCUT2D eigenvalue weighted by Gasteiger charge is -2.39. The van der Waals surface area contributed by atoms with E-state index in [9.17, 15) is 0 Å². The zero-order chi connectivity index (χ0) is 18.2. The fourth-order valence-electron chi connectivity index (χ4n) is 2.06. The summed E-state index contributed by atoms with van der Waals surface area (Å²) in [6.45, 7) is -0.0108. The van der Waals surface area contributed by atoms with Crippen LogP contribution >= 0.6 is 67.8 Å². The Kier molecular flexibility index (Phi) is 8.75. The highest BCUT2D eigenvalue weighted by Crippen LogP contribution is 2.49. The van der Waals surface area contributed by atoms with Gasteiger partial charge in [0, 0.05) is 43.8 Å². The van der Waals surface area contributed by atoms with E-state index in [1.165, 1.54) is 0 Å². The molecule has 0 fully saturated rings. The van der Waals surface area contributed by atoms with Gasteiger partial charge in [0.1, 0.15) is 5.54 Å². The van der Waals surface area contributed by atoms with Crippen LogP contribution in [0.25, 0.3) is 41.8 Å². The van der Waals surface area contributed by atoms with E-state index in [0.29, 0.717) is 9.15 Å². The molecule has 0 amide bonds. The second-order valence-corrected chi connectivity index (χ2v) is 7.68. The summed E-state index contributed by atoms with van der Waals surface area (Å²) < 4.78 is 1.02. The maximum atomic E-state index is 9.02. The number of rotatable bonds is 7. The minimum absolute atomic E-state index is 0.0368. The largest absolute Gasteiger partial charge is 0.101 e. The van der Waals surface area contributed by atoms with Crippen molar-refractivity contribution < 1.29 is 0 Å². The molecule has 0 radical (unpaired) electrons. The first-order valence-corrected chi connectivity index (χ1v) is 9.41. The van der Waals surface area contributed by atoms with E-state index in [1.807, 2.05) is 22.6 Å². The van der Waals surface area contributed by atoms with Gasteiger partial charge in [0.05, 0.1) is 6.54 Å². The van der Waals surface area contributed by atoms with E-state index in [2.05, 4.69) is 85.3 Å². The third-order valence-electron chi connectivity index (χ3n) is 3.11. The molecule has 24 heavy (non-hydrogen) atoms. The van der Waals surface area contributed by atoms with Crippen LogP contribution in [0.1, 0.15) is 0 Å². The van der Waals surface area contributed by atoms with E-state index in [1.54, 1.807) is 0 Å². The molecule has 0 bridgehead atoms. The van der Waals surface area contributed by atoms with Crippen LogP contribution in [0.15, 0.2) is 38.8 Å². The Bertz CT molecular complexity index is 776. The zero-order valence-corrected chi connectivity index (χ0v) is 18.2. The number of hydrogen-bond acceptors (Lipinski definition) is 4. The highest BCUT2D eigenvalue weighted by atomic mass is 127. The van der Waals surface area contributed by atoms with Crippen LogP contribution in [0.5, 0.6) is 0 Å². The quantitative estimate of drug-likeness (QED) is 0.0990. The monoisotopic (exact) mass is 664 g/mol. The van der Waals surface area contributed by atoms with Gasteiger partial charge in [0.25, 0.3) is 0 Å². The molecule has 124 valence electrons. The Labute approximate surface area is 176 Å². The third kappa shape index (κ3) is 4.30. The minimum Gasteiger partial charge on any atom is -0.0928 e. The van der Waals surface area contributed by atoms with Crippen LogP contribution in [-0.2, 0) is 0 Å². The highest BCUT2D eigenvalue weighted by Gasteiger charge is 2.46. The second-order valence-electron chi connectivity index (χ2n) is 4.27. The van der Waals surface area contributed by atoms with Gasteiger partial charge in [-0.3, -0.25) is 0 Å². The average Bonchev–Trinajstić information content (AvgIpc) is 2.57. The molecule has 0 spiro atoms. The van der Waals surface area contributed by atoms with Crippen LogP contribution in [0.3, 0.4) is 0 Å². The molecule has 1 aliphatic carbocycles. The predicted octanol–water partition coefficient (Wildman–Crippen LogP) is 6.16. The summed E-state index contributed by atoms with van der Waals surface area (Å²) in [5.41, 5.74) is 35.1. The summed E-state index contributed by atoms with van der Waals surface area (Å²) in [6, 6.07) is 0. The van der Waals surface area contributed by atoms with Crippen molar-refractivity contribution in [2.24, 2.45) is 20.5 Å². The van der Waals surface area contributed by atoms with Gasteiger partial charge in [-0.05, 0) is 78.5 Å². The molecule has 0 aromatic carbocycles. The smallest absolute Gasteiger partial charge is 0.0928 e. The molecule has 0 aromatic rings. The number of azide groups is 4. The van der Waals surface area contributed by atoms with Gasteiger partial charge in [-0.15, -0.1) is 0 Å². The maximum Gasteiger partial charge on any atom is 0.101 e. The van der Waals surface area contributed by atoms with Gasteiger partial charge in [-0.1, -0.05) is 43.0 Å². The maximum absolute atomic E-state index is 9.02. The normalized spacial score (nSPS) is 22.7. The van der Waals surface area contributed by atoms with Crippen LogP contribution in [0.4, 0.5) is 0 Å². The zero-order valence-electron chi connectivity index (χ0n) is 11.7. The first-order valence-electron chi connectivity index (χ1n) is 6.01. The third-order valence-corrected chi connectivity index (χ3v) is 7.82. The van der Waals surface area contributed by atoms with Crippen LogP contribution in [0.2, 0.25) is 0 Å². The fraction of sp³-hybridized carbons (Fsp3) is 0.556. The number of halogens is 3. The molecule has 15 heteroatoms. The van der Waals surface area contributed by atoms with Crippen LogP contribution in [-0.4, -0.2) is 29.1 Å². The average molecular weight is 664 g/mol. The summed E-state index contributed by atoms with van der Waals surface area (Å²) in [5.74, 6) is 0. The summed E-state index contributed by atoms with van der Waals surface area (Å²) in [7, 11) is 0. The Morgan fingerprint density at radius 3 is 2.04 bits per heavy atom. The van der Waals surface area contributed by atoms with Gasteiger partial charge in [0.2, 0.25) is 0 Å². The first kappa shape index (κ1) is 21.0. The molecule has 0 aromatic heterocycles. The molecular weight excluding hydrogens is 657 g/mol. The summed E-state index contributed by atoms with van der Waals surface area (Å²) in [6.07, 6.45) is 0. The molecule has 2 atom stereocenters. The lowest BCUT2D eigenvalue weighted by Crippen LogP contribution is -2.45. The summed E-state index contributed by atoms with van der Waals surface area (Å²) >= 11 is 6.17. The first-order chi connectivity index (χ1) is 11.5. The predicted molar refractivity (Wildman–Crippen MR) is 114 cm³/mol. The summed E-state index contributed by atoms with van der Waals surface area (Å²) in [5, 5.41) is 14.6. The van der Waals surface area contributed by atoms with Crippen molar-refractivity contribution in [3.8, 4) is 0 Å². The van der Waals surface area contributed by atoms with Crippen molar-refractivity contribution >= 4 is 67.8 Å². The molecule has 1 rings (SSSR count). The van der Waals surface area contributed by atoms with Gasteiger partial charge >= 0.3 is 0 Å². The topological polar surface area (TPSA) is 195 Å². The van der Waals surface area contributed by atoms with Gasteiger partial charge in [-0.25, -0.2) is 0 Å². The lowest BCUT2D eigenvalue weighted by molar-refractivity contribution is 0.536. The molecule has 1 aliphatic rings. The van der Waals surface area contributed by atoms with E-state index in [-0.39, 0.29) is 19.6 Å². The van der Waals surface area contributed by atoms with Crippen molar-refractivity contribution in [2.45, 2.75) is 9.46 Å². The molecule has 12 nitrogen and oxygen atoms in total. The van der Waals surface area contributed by atoms with Gasteiger partial charge in [-0.2, -0.15) is 0 Å². The van der Waals surface area contributed by atoms with Gasteiger partial charge < -0.3 is 0 Å². The summed E-state index contributed by atoms with van der Waals surface area (Å²) in [4.78, 5) is 11.2. The van der Waals surface area contributed by atoms with Crippen molar-refractivity contribution in [1.29, 1.82) is 0 Å².